The fourth-order valence-electron chi connectivity index (χ4n) is 2.34. The molecule has 2 heterocycles. The van der Waals surface area contributed by atoms with E-state index in [-0.39, 0.29) is 11.9 Å². The highest BCUT2D eigenvalue weighted by molar-refractivity contribution is 7.12. The van der Waals surface area contributed by atoms with Gasteiger partial charge in [0.15, 0.2) is 0 Å². The topological polar surface area (TPSA) is 12.0 Å². The summed E-state index contributed by atoms with van der Waals surface area (Å²) < 4.78 is 13.8. The third-order valence-corrected chi connectivity index (χ3v) is 4.82. The van der Waals surface area contributed by atoms with Gasteiger partial charge in [0.05, 0.1) is 11.7 Å². The van der Waals surface area contributed by atoms with E-state index >= 15 is 0 Å². The van der Waals surface area contributed by atoms with Gasteiger partial charge < -0.3 is 5.32 Å². The van der Waals surface area contributed by atoms with E-state index in [1.165, 1.54) is 15.8 Å². The molecule has 18 heavy (non-hydrogen) atoms. The van der Waals surface area contributed by atoms with Crippen molar-refractivity contribution in [3.05, 3.63) is 50.4 Å². The molecule has 4 heteroatoms. The maximum absolute atomic E-state index is 13.8. The Bertz CT molecular complexity index is 593. The fourth-order valence-corrected chi connectivity index (χ4v) is 3.57. The number of rotatable bonds is 2. The summed E-state index contributed by atoms with van der Waals surface area (Å²) in [5.41, 5.74) is 1.58. The van der Waals surface area contributed by atoms with E-state index in [2.05, 4.69) is 24.4 Å². The number of benzene rings is 1. The zero-order chi connectivity index (χ0) is 12.7. The van der Waals surface area contributed by atoms with Gasteiger partial charge in [0.1, 0.15) is 5.82 Å². The summed E-state index contributed by atoms with van der Waals surface area (Å²) in [6, 6.07) is 7.67. The van der Waals surface area contributed by atoms with Gasteiger partial charge in [-0.3, -0.25) is 0 Å². The van der Waals surface area contributed by atoms with Gasteiger partial charge in [0.25, 0.3) is 0 Å². The molecule has 1 unspecified atom stereocenters. The number of thiophene rings is 1. The molecule has 1 nitrogen and oxygen atoms in total. The lowest BCUT2D eigenvalue weighted by Crippen LogP contribution is -2.03. The van der Waals surface area contributed by atoms with Crippen molar-refractivity contribution in [2.75, 3.05) is 5.32 Å². The summed E-state index contributed by atoms with van der Waals surface area (Å²) >= 11 is 7.68. The lowest BCUT2D eigenvalue weighted by Gasteiger charge is -2.08. The van der Waals surface area contributed by atoms with Crippen molar-refractivity contribution in [3.8, 4) is 0 Å². The Morgan fingerprint density at radius 2 is 2.28 bits per heavy atom. The molecule has 1 N–H and O–H groups in total. The molecule has 1 aromatic carbocycles. The van der Waals surface area contributed by atoms with Gasteiger partial charge in [0, 0.05) is 14.8 Å². The SMILES string of the molecule is CCc1ccc(C2Cc3cc(Cl)cc(F)c3N2)s1. The van der Waals surface area contributed by atoms with Crippen molar-refractivity contribution >= 4 is 28.6 Å². The number of hydrogen-bond donors (Lipinski definition) is 1. The average molecular weight is 282 g/mol. The van der Waals surface area contributed by atoms with Crippen LogP contribution in [-0.2, 0) is 12.8 Å². The summed E-state index contributed by atoms with van der Waals surface area (Å²) in [7, 11) is 0. The smallest absolute Gasteiger partial charge is 0.148 e. The predicted octanol–water partition coefficient (Wildman–Crippen LogP) is 4.81. The van der Waals surface area contributed by atoms with Crippen molar-refractivity contribution < 1.29 is 4.39 Å². The zero-order valence-corrected chi connectivity index (χ0v) is 11.5. The van der Waals surface area contributed by atoms with Gasteiger partial charge >= 0.3 is 0 Å². The van der Waals surface area contributed by atoms with E-state index in [0.717, 1.165) is 18.4 Å². The van der Waals surface area contributed by atoms with Crippen molar-refractivity contribution in [3.63, 3.8) is 0 Å². The quantitative estimate of drug-likeness (QED) is 0.833. The van der Waals surface area contributed by atoms with Crippen LogP contribution in [0.5, 0.6) is 0 Å². The highest BCUT2D eigenvalue weighted by atomic mass is 35.5. The summed E-state index contributed by atoms with van der Waals surface area (Å²) in [5, 5.41) is 3.73. The van der Waals surface area contributed by atoms with Crippen LogP contribution in [0, 0.1) is 5.82 Å². The molecule has 94 valence electrons. The Morgan fingerprint density at radius 3 is 3.00 bits per heavy atom. The number of aryl methyl sites for hydroxylation is 1. The van der Waals surface area contributed by atoms with Crippen molar-refractivity contribution in [1.29, 1.82) is 0 Å². The normalized spacial score (nSPS) is 17.6. The standard InChI is InChI=1S/C14H13ClFNS/c1-2-10-3-4-13(18-10)12-6-8-5-9(15)7-11(16)14(8)17-12/h3-5,7,12,17H,2,6H2,1H3. The Balaban J connectivity index is 1.90. The first-order valence-electron chi connectivity index (χ1n) is 6.00. The average Bonchev–Trinajstić information content (AvgIpc) is 2.93. The second-order valence-electron chi connectivity index (χ2n) is 4.48. The summed E-state index contributed by atoms with van der Waals surface area (Å²) in [5.74, 6) is -0.257. The molecule has 1 aliphatic heterocycles. The van der Waals surface area contributed by atoms with E-state index in [9.17, 15) is 4.39 Å². The molecule has 2 aromatic rings. The largest absolute Gasteiger partial charge is 0.374 e. The van der Waals surface area contributed by atoms with Crippen LogP contribution in [0.2, 0.25) is 5.02 Å². The van der Waals surface area contributed by atoms with Crippen molar-refractivity contribution in [1.82, 2.24) is 0 Å². The van der Waals surface area contributed by atoms with Gasteiger partial charge in [-0.05, 0) is 42.7 Å². The zero-order valence-electron chi connectivity index (χ0n) is 9.97. The monoisotopic (exact) mass is 281 g/mol. The van der Waals surface area contributed by atoms with E-state index in [1.54, 1.807) is 11.3 Å². The third kappa shape index (κ3) is 2.02. The number of halogens is 2. The van der Waals surface area contributed by atoms with Gasteiger partial charge in [-0.2, -0.15) is 0 Å². The lowest BCUT2D eigenvalue weighted by molar-refractivity contribution is 0.631. The molecule has 0 saturated carbocycles. The first-order chi connectivity index (χ1) is 8.67. The van der Waals surface area contributed by atoms with E-state index < -0.39 is 0 Å². The van der Waals surface area contributed by atoms with E-state index in [0.29, 0.717) is 10.7 Å². The third-order valence-electron chi connectivity index (χ3n) is 3.25. The molecule has 3 rings (SSSR count). The minimum absolute atomic E-state index is 0.179. The molecule has 0 saturated heterocycles. The van der Waals surface area contributed by atoms with Crippen LogP contribution in [-0.4, -0.2) is 0 Å². The second-order valence-corrected chi connectivity index (χ2v) is 6.12. The van der Waals surface area contributed by atoms with Crippen molar-refractivity contribution in [2.45, 2.75) is 25.8 Å². The van der Waals surface area contributed by atoms with Gasteiger partial charge in [0.2, 0.25) is 0 Å². The number of anilines is 1. The van der Waals surface area contributed by atoms with Gasteiger partial charge in [-0.25, -0.2) is 4.39 Å². The maximum Gasteiger partial charge on any atom is 0.148 e. The van der Waals surface area contributed by atoms with Gasteiger partial charge in [-0.1, -0.05) is 18.5 Å². The number of nitrogens with one attached hydrogen (secondary N) is 1. The minimum Gasteiger partial charge on any atom is -0.374 e. The summed E-state index contributed by atoms with van der Waals surface area (Å²) in [4.78, 5) is 2.62. The van der Waals surface area contributed by atoms with E-state index in [1.807, 2.05) is 6.07 Å². The molecule has 0 aliphatic carbocycles. The second kappa shape index (κ2) is 4.56. The molecule has 0 amide bonds. The first kappa shape index (κ1) is 12.0. The van der Waals surface area contributed by atoms with Crippen LogP contribution in [0.15, 0.2) is 24.3 Å². The Kier molecular flexibility index (Phi) is 3.04. The maximum atomic E-state index is 13.8. The predicted molar refractivity (Wildman–Crippen MR) is 75.2 cm³/mol. The Morgan fingerprint density at radius 1 is 1.44 bits per heavy atom. The van der Waals surface area contributed by atoms with Gasteiger partial charge in [-0.15, -0.1) is 11.3 Å². The highest BCUT2D eigenvalue weighted by Gasteiger charge is 2.26. The molecule has 0 radical (unpaired) electrons. The molecular formula is C14H13ClFNS. The summed E-state index contributed by atoms with van der Waals surface area (Å²) in [6.45, 7) is 2.14. The van der Waals surface area contributed by atoms with Crippen molar-refractivity contribution in [2.24, 2.45) is 0 Å². The molecule has 1 aliphatic rings. The van der Waals surface area contributed by atoms with Crippen LogP contribution in [0.3, 0.4) is 0 Å². The Hall–Kier alpha value is -1.06. The number of hydrogen-bond acceptors (Lipinski definition) is 2. The van der Waals surface area contributed by atoms with Crippen LogP contribution < -0.4 is 5.32 Å². The molecule has 1 aromatic heterocycles. The highest BCUT2D eigenvalue weighted by Crippen LogP contribution is 2.39. The van der Waals surface area contributed by atoms with Crippen LogP contribution in [0.1, 0.15) is 28.3 Å². The number of fused-ring (bicyclic) bond motifs is 1. The molecular weight excluding hydrogens is 269 g/mol. The van der Waals surface area contributed by atoms with Crippen LogP contribution in [0.4, 0.5) is 10.1 Å². The Labute approximate surface area is 115 Å². The molecule has 0 bridgehead atoms. The summed E-state index contributed by atoms with van der Waals surface area (Å²) in [6.07, 6.45) is 1.85. The lowest BCUT2D eigenvalue weighted by atomic mass is 10.1. The first-order valence-corrected chi connectivity index (χ1v) is 7.20. The minimum atomic E-state index is -0.257. The van der Waals surface area contributed by atoms with E-state index in [4.69, 9.17) is 11.6 Å². The molecule has 0 spiro atoms. The molecule has 0 fully saturated rings. The molecule has 1 atom stereocenters. The van der Waals surface area contributed by atoms with Crippen LogP contribution in [0.25, 0.3) is 0 Å². The fraction of sp³-hybridized carbons (Fsp3) is 0.286. The van der Waals surface area contributed by atoms with Crippen LogP contribution >= 0.6 is 22.9 Å².